The number of amides is 1. The van der Waals surface area contributed by atoms with E-state index in [0.717, 1.165) is 18.1 Å². The molecular weight excluding hydrogens is 272 g/mol. The standard InChI is InChI=1S/C15H20N2O2S/c1-17(8-9-19-10-11-2-3-11)15(18)13-6-4-12(5-7-13)14(16)20/h4-7,11H,2-3,8-10H2,1H3,(H2,16,20). The lowest BCUT2D eigenvalue weighted by Crippen LogP contribution is -2.30. The molecule has 0 heterocycles. The zero-order valence-corrected chi connectivity index (χ0v) is 12.5. The number of carbonyl (C=O) groups excluding carboxylic acids is 1. The third-order valence-corrected chi connectivity index (χ3v) is 3.62. The fraction of sp³-hybridized carbons (Fsp3) is 0.467. The molecule has 0 radical (unpaired) electrons. The van der Waals surface area contributed by atoms with Gasteiger partial charge in [-0.25, -0.2) is 0 Å². The van der Waals surface area contributed by atoms with Crippen molar-refractivity contribution in [1.29, 1.82) is 0 Å². The molecule has 1 saturated carbocycles. The Morgan fingerprint density at radius 2 is 1.95 bits per heavy atom. The number of likely N-dealkylation sites (N-methyl/N-ethyl adjacent to an activating group) is 1. The Hall–Kier alpha value is -1.46. The Kier molecular flexibility index (Phi) is 5.09. The number of thiocarbonyl (C=S) groups is 1. The van der Waals surface area contributed by atoms with E-state index in [1.807, 2.05) is 0 Å². The van der Waals surface area contributed by atoms with Crippen molar-refractivity contribution in [3.63, 3.8) is 0 Å². The average Bonchev–Trinajstić information content (AvgIpc) is 3.26. The second-order valence-corrected chi connectivity index (χ2v) is 5.63. The van der Waals surface area contributed by atoms with Crippen molar-refractivity contribution in [2.45, 2.75) is 12.8 Å². The number of nitrogens with zero attached hydrogens (tertiary/aromatic N) is 1. The predicted octanol–water partition coefficient (Wildman–Crippen LogP) is 1.82. The molecule has 0 saturated heterocycles. The molecule has 108 valence electrons. The predicted molar refractivity (Wildman–Crippen MR) is 82.8 cm³/mol. The van der Waals surface area contributed by atoms with Gasteiger partial charge in [-0.05, 0) is 30.9 Å². The number of ether oxygens (including phenoxy) is 1. The molecule has 1 amide bonds. The van der Waals surface area contributed by atoms with E-state index < -0.39 is 0 Å². The van der Waals surface area contributed by atoms with Gasteiger partial charge in [-0.2, -0.15) is 0 Å². The number of rotatable bonds is 7. The van der Waals surface area contributed by atoms with Gasteiger partial charge in [0.15, 0.2) is 0 Å². The van der Waals surface area contributed by atoms with E-state index in [-0.39, 0.29) is 5.91 Å². The van der Waals surface area contributed by atoms with Crippen molar-refractivity contribution >= 4 is 23.1 Å². The third kappa shape index (κ3) is 4.28. The van der Waals surface area contributed by atoms with Crippen LogP contribution < -0.4 is 5.73 Å². The molecule has 0 aromatic heterocycles. The second kappa shape index (κ2) is 6.81. The highest BCUT2D eigenvalue weighted by Gasteiger charge is 2.21. The van der Waals surface area contributed by atoms with Crippen molar-refractivity contribution < 1.29 is 9.53 Å². The van der Waals surface area contributed by atoms with E-state index in [1.165, 1.54) is 12.8 Å². The van der Waals surface area contributed by atoms with Crippen molar-refractivity contribution in [1.82, 2.24) is 4.90 Å². The number of benzene rings is 1. The fourth-order valence-electron chi connectivity index (χ4n) is 1.84. The quantitative estimate of drug-likeness (QED) is 0.615. The van der Waals surface area contributed by atoms with E-state index in [9.17, 15) is 4.79 Å². The van der Waals surface area contributed by atoms with Gasteiger partial charge in [0.1, 0.15) is 4.99 Å². The molecule has 1 aromatic rings. The Labute approximate surface area is 124 Å². The number of nitrogens with two attached hydrogens (primary N) is 1. The SMILES string of the molecule is CN(CCOCC1CC1)C(=O)c1ccc(C(N)=S)cc1. The fourth-order valence-corrected chi connectivity index (χ4v) is 1.97. The molecule has 0 unspecified atom stereocenters. The lowest BCUT2D eigenvalue weighted by atomic mass is 10.1. The van der Waals surface area contributed by atoms with Crippen LogP contribution in [0.2, 0.25) is 0 Å². The number of hydrogen-bond donors (Lipinski definition) is 1. The van der Waals surface area contributed by atoms with Gasteiger partial charge in [0.05, 0.1) is 6.61 Å². The zero-order chi connectivity index (χ0) is 14.5. The first-order chi connectivity index (χ1) is 9.58. The van der Waals surface area contributed by atoms with E-state index in [4.69, 9.17) is 22.7 Å². The molecule has 0 aliphatic heterocycles. The molecule has 20 heavy (non-hydrogen) atoms. The molecule has 0 bridgehead atoms. The largest absolute Gasteiger partial charge is 0.389 e. The summed E-state index contributed by atoms with van der Waals surface area (Å²) in [6.45, 7) is 2.01. The smallest absolute Gasteiger partial charge is 0.253 e. The zero-order valence-electron chi connectivity index (χ0n) is 11.7. The highest BCUT2D eigenvalue weighted by molar-refractivity contribution is 7.80. The maximum Gasteiger partial charge on any atom is 0.253 e. The lowest BCUT2D eigenvalue weighted by molar-refractivity contribution is 0.0681. The minimum atomic E-state index is -0.0190. The van der Waals surface area contributed by atoms with E-state index in [2.05, 4.69) is 0 Å². The van der Waals surface area contributed by atoms with Gasteiger partial charge in [-0.15, -0.1) is 0 Å². The van der Waals surface area contributed by atoms with Crippen molar-refractivity contribution in [3.8, 4) is 0 Å². The van der Waals surface area contributed by atoms with Crippen LogP contribution in [0.15, 0.2) is 24.3 Å². The average molecular weight is 292 g/mol. The maximum atomic E-state index is 12.2. The Morgan fingerprint density at radius 1 is 1.35 bits per heavy atom. The first-order valence-electron chi connectivity index (χ1n) is 6.81. The molecule has 2 rings (SSSR count). The van der Waals surface area contributed by atoms with E-state index in [1.54, 1.807) is 36.2 Å². The van der Waals surface area contributed by atoms with Crippen molar-refractivity contribution in [2.75, 3.05) is 26.8 Å². The van der Waals surface area contributed by atoms with Crippen LogP contribution in [-0.2, 0) is 4.74 Å². The summed E-state index contributed by atoms with van der Waals surface area (Å²) in [6, 6.07) is 7.04. The molecule has 4 nitrogen and oxygen atoms in total. The highest BCUT2D eigenvalue weighted by Crippen LogP contribution is 2.28. The third-order valence-electron chi connectivity index (χ3n) is 3.38. The van der Waals surface area contributed by atoms with Crippen LogP contribution in [0.25, 0.3) is 0 Å². The molecule has 1 aromatic carbocycles. The normalized spacial score (nSPS) is 14.1. The minimum Gasteiger partial charge on any atom is -0.389 e. The number of hydrogen-bond acceptors (Lipinski definition) is 3. The molecule has 0 atom stereocenters. The number of carbonyl (C=O) groups is 1. The summed E-state index contributed by atoms with van der Waals surface area (Å²) >= 11 is 4.89. The van der Waals surface area contributed by atoms with Gasteiger partial charge < -0.3 is 15.4 Å². The molecule has 1 aliphatic rings. The van der Waals surface area contributed by atoms with Crippen molar-refractivity contribution in [3.05, 3.63) is 35.4 Å². The first kappa shape index (κ1) is 14.9. The maximum absolute atomic E-state index is 12.2. The van der Waals surface area contributed by atoms with Crippen LogP contribution in [-0.4, -0.2) is 42.6 Å². The molecule has 2 N–H and O–H groups in total. The van der Waals surface area contributed by atoms with Gasteiger partial charge in [0.25, 0.3) is 5.91 Å². The van der Waals surface area contributed by atoms with E-state index >= 15 is 0 Å². The minimum absolute atomic E-state index is 0.0190. The van der Waals surface area contributed by atoms with Crippen molar-refractivity contribution in [2.24, 2.45) is 11.7 Å². The summed E-state index contributed by atoms with van der Waals surface area (Å²) in [5, 5.41) is 0. The van der Waals surface area contributed by atoms with Crippen LogP contribution in [0.5, 0.6) is 0 Å². The van der Waals surface area contributed by atoms with E-state index in [0.29, 0.717) is 23.7 Å². The van der Waals surface area contributed by atoms with Gasteiger partial charge in [-0.3, -0.25) is 4.79 Å². The van der Waals surface area contributed by atoms with Crippen LogP contribution in [0.4, 0.5) is 0 Å². The summed E-state index contributed by atoms with van der Waals surface area (Å²) in [7, 11) is 1.78. The Balaban J connectivity index is 1.80. The monoisotopic (exact) mass is 292 g/mol. The summed E-state index contributed by atoms with van der Waals surface area (Å²) in [6.07, 6.45) is 2.56. The van der Waals surface area contributed by atoms with Gasteiger partial charge in [0, 0.05) is 31.3 Å². The first-order valence-corrected chi connectivity index (χ1v) is 7.22. The van der Waals surface area contributed by atoms with Crippen LogP contribution in [0.1, 0.15) is 28.8 Å². The highest BCUT2D eigenvalue weighted by atomic mass is 32.1. The second-order valence-electron chi connectivity index (χ2n) is 5.19. The Morgan fingerprint density at radius 3 is 2.50 bits per heavy atom. The van der Waals surface area contributed by atoms with Gasteiger partial charge in [0.2, 0.25) is 0 Å². The molecule has 0 spiro atoms. The molecular formula is C15H20N2O2S. The summed E-state index contributed by atoms with van der Waals surface area (Å²) in [5.41, 5.74) is 6.93. The van der Waals surface area contributed by atoms with Crippen LogP contribution >= 0.6 is 12.2 Å². The molecule has 5 heteroatoms. The molecule has 1 fully saturated rings. The summed E-state index contributed by atoms with van der Waals surface area (Å²) in [5.74, 6) is 0.734. The van der Waals surface area contributed by atoms with Gasteiger partial charge in [-0.1, -0.05) is 24.4 Å². The lowest BCUT2D eigenvalue weighted by Gasteiger charge is -2.17. The summed E-state index contributed by atoms with van der Waals surface area (Å²) < 4.78 is 5.54. The van der Waals surface area contributed by atoms with Gasteiger partial charge >= 0.3 is 0 Å². The topological polar surface area (TPSA) is 55.6 Å². The summed E-state index contributed by atoms with van der Waals surface area (Å²) in [4.78, 5) is 14.2. The Bertz CT molecular complexity index is 483. The van der Waals surface area contributed by atoms with Crippen LogP contribution in [0.3, 0.4) is 0 Å². The van der Waals surface area contributed by atoms with Crippen LogP contribution in [0, 0.1) is 5.92 Å². The molecule has 1 aliphatic carbocycles.